The summed E-state index contributed by atoms with van der Waals surface area (Å²) in [7, 11) is 0. The fourth-order valence-corrected chi connectivity index (χ4v) is 1.40. The van der Waals surface area contributed by atoms with Crippen molar-refractivity contribution >= 4 is 17.4 Å². The molecule has 1 heterocycles. The number of benzene rings is 1. The van der Waals surface area contributed by atoms with E-state index < -0.39 is 17.7 Å². The Hall–Kier alpha value is -1.72. The Bertz CT molecular complexity index is 403. The van der Waals surface area contributed by atoms with Gasteiger partial charge in [0.25, 0.3) is 5.91 Å². The van der Waals surface area contributed by atoms with Crippen LogP contribution in [-0.2, 0) is 4.79 Å². The predicted octanol–water partition coefficient (Wildman–Crippen LogP) is 0.169. The van der Waals surface area contributed by atoms with Crippen molar-refractivity contribution in [2.24, 2.45) is 0 Å². The average molecular weight is 192 g/mol. The van der Waals surface area contributed by atoms with E-state index in [1.54, 1.807) is 29.7 Å². The van der Waals surface area contributed by atoms with Crippen LogP contribution in [0, 0.1) is 0 Å². The topological polar surface area (TPSA) is 78.4 Å². The molecule has 1 amide bonds. The van der Waals surface area contributed by atoms with Gasteiger partial charge in [0.1, 0.15) is 0 Å². The van der Waals surface area contributed by atoms with Crippen LogP contribution in [0.4, 0.5) is 5.69 Å². The van der Waals surface area contributed by atoms with Crippen LogP contribution in [0.2, 0.25) is 0 Å². The Morgan fingerprint density at radius 2 is 2.00 bits per heavy atom. The molecule has 5 heteroatoms. The molecule has 0 saturated heterocycles. The number of amides is 1. The van der Waals surface area contributed by atoms with E-state index >= 15 is 0 Å². The Morgan fingerprint density at radius 1 is 1.29 bits per heavy atom. The van der Waals surface area contributed by atoms with Gasteiger partial charge in [-0.15, -0.1) is 0 Å². The number of nitrogens with one attached hydrogen (secondary N) is 2. The Morgan fingerprint density at radius 3 is 2.71 bits per heavy atom. The molecule has 14 heavy (non-hydrogen) atoms. The third kappa shape index (κ3) is 1.19. The highest BCUT2D eigenvalue weighted by Crippen LogP contribution is 2.21. The molecule has 2 rings (SSSR count). The van der Waals surface area contributed by atoms with Crippen LogP contribution >= 0.6 is 0 Å². The summed E-state index contributed by atoms with van der Waals surface area (Å²) in [5.41, 5.74) is 2.56. The first-order chi connectivity index (χ1) is 6.74. The van der Waals surface area contributed by atoms with E-state index in [0.717, 1.165) is 0 Å². The summed E-state index contributed by atoms with van der Waals surface area (Å²) in [6.45, 7) is 0. The zero-order chi connectivity index (χ0) is 10.1. The summed E-state index contributed by atoms with van der Waals surface area (Å²) in [5, 5.41) is 11.1. The van der Waals surface area contributed by atoms with Gasteiger partial charge in [0, 0.05) is 5.56 Å². The number of hydroxylamine groups is 1. The van der Waals surface area contributed by atoms with Gasteiger partial charge in [0.05, 0.1) is 5.69 Å². The lowest BCUT2D eigenvalue weighted by molar-refractivity contribution is -0.119. The maximum atomic E-state index is 11.6. The summed E-state index contributed by atoms with van der Waals surface area (Å²) in [6, 6.07) is 5.45. The molecule has 1 unspecified atom stereocenters. The highest BCUT2D eigenvalue weighted by atomic mass is 16.5. The Balaban J connectivity index is 2.49. The molecule has 5 nitrogen and oxygen atoms in total. The van der Waals surface area contributed by atoms with Gasteiger partial charge in [-0.3, -0.25) is 9.59 Å². The van der Waals surface area contributed by atoms with Crippen molar-refractivity contribution < 1.29 is 14.8 Å². The Kier molecular flexibility index (Phi) is 2.03. The number of fused-ring (bicyclic) bond motifs is 1. The fraction of sp³-hybridized carbons (Fsp3) is 0.111. The van der Waals surface area contributed by atoms with Crippen molar-refractivity contribution in [3.05, 3.63) is 29.8 Å². The monoisotopic (exact) mass is 192 g/mol. The summed E-state index contributed by atoms with van der Waals surface area (Å²) >= 11 is 0. The number of hydrogen-bond acceptors (Lipinski definition) is 4. The standard InChI is InChI=1S/C9H8N2O3/c12-8-5-3-1-2-4-6(5)10-9(13)7(8)11-14/h1-4,7,11,14H,(H,10,13). The zero-order valence-corrected chi connectivity index (χ0v) is 7.15. The lowest BCUT2D eigenvalue weighted by atomic mass is 9.98. The molecule has 0 bridgehead atoms. The molecule has 0 radical (unpaired) electrons. The molecule has 0 aliphatic carbocycles. The number of anilines is 1. The van der Waals surface area contributed by atoms with Crippen molar-refractivity contribution in [2.75, 3.05) is 5.32 Å². The van der Waals surface area contributed by atoms with Crippen molar-refractivity contribution in [2.45, 2.75) is 6.04 Å². The number of ketones is 1. The molecule has 72 valence electrons. The maximum Gasteiger partial charge on any atom is 0.251 e. The highest BCUT2D eigenvalue weighted by molar-refractivity contribution is 6.23. The van der Waals surface area contributed by atoms with E-state index in [0.29, 0.717) is 11.3 Å². The van der Waals surface area contributed by atoms with E-state index in [1.807, 2.05) is 0 Å². The molecule has 3 N–H and O–H groups in total. The summed E-state index contributed by atoms with van der Waals surface area (Å²) in [5.74, 6) is -0.969. The third-order valence-electron chi connectivity index (χ3n) is 2.10. The van der Waals surface area contributed by atoms with Gasteiger partial charge >= 0.3 is 0 Å². The van der Waals surface area contributed by atoms with Gasteiger partial charge < -0.3 is 10.5 Å². The van der Waals surface area contributed by atoms with Gasteiger partial charge in [-0.2, -0.15) is 5.48 Å². The first-order valence-corrected chi connectivity index (χ1v) is 4.08. The minimum atomic E-state index is -1.20. The van der Waals surface area contributed by atoms with Gasteiger partial charge in [-0.25, -0.2) is 0 Å². The van der Waals surface area contributed by atoms with E-state index in [9.17, 15) is 9.59 Å². The van der Waals surface area contributed by atoms with Gasteiger partial charge in [-0.05, 0) is 12.1 Å². The number of para-hydroxylation sites is 1. The van der Waals surface area contributed by atoms with Crippen molar-refractivity contribution in [1.82, 2.24) is 5.48 Å². The SMILES string of the molecule is O=C1Nc2ccccc2C(=O)C1NO. The molecule has 1 aliphatic heterocycles. The van der Waals surface area contributed by atoms with Gasteiger partial charge in [-0.1, -0.05) is 12.1 Å². The summed E-state index contributed by atoms with van der Waals surface area (Å²) in [4.78, 5) is 22.8. The molecule has 1 aliphatic rings. The molecule has 0 spiro atoms. The van der Waals surface area contributed by atoms with Crippen LogP contribution in [0.1, 0.15) is 10.4 Å². The third-order valence-corrected chi connectivity index (χ3v) is 2.10. The highest BCUT2D eigenvalue weighted by Gasteiger charge is 2.33. The number of Topliss-reactive ketones (excluding diaryl/α,β-unsaturated/α-hetero) is 1. The molecular weight excluding hydrogens is 184 g/mol. The summed E-state index contributed by atoms with van der Waals surface area (Å²) in [6.07, 6.45) is 0. The fourth-order valence-electron chi connectivity index (χ4n) is 1.40. The van der Waals surface area contributed by atoms with Crippen molar-refractivity contribution in [3.63, 3.8) is 0 Å². The smallest absolute Gasteiger partial charge is 0.251 e. The van der Waals surface area contributed by atoms with E-state index in [1.165, 1.54) is 0 Å². The zero-order valence-electron chi connectivity index (χ0n) is 7.15. The van der Waals surface area contributed by atoms with Crippen LogP contribution in [0.15, 0.2) is 24.3 Å². The molecule has 0 saturated carbocycles. The number of carbonyl (C=O) groups is 2. The number of hydrogen-bond donors (Lipinski definition) is 3. The second-order valence-electron chi connectivity index (χ2n) is 2.96. The van der Waals surface area contributed by atoms with Crippen LogP contribution < -0.4 is 10.8 Å². The lowest BCUT2D eigenvalue weighted by Crippen LogP contribution is -2.48. The lowest BCUT2D eigenvalue weighted by Gasteiger charge is -2.21. The molecule has 0 aromatic heterocycles. The largest absolute Gasteiger partial charge is 0.324 e. The Labute approximate surface area is 79.7 Å². The molecule has 1 aromatic rings. The quantitative estimate of drug-likeness (QED) is 0.437. The minimum absolute atomic E-state index is 0.402. The normalized spacial score (nSPS) is 20.2. The summed E-state index contributed by atoms with van der Waals surface area (Å²) < 4.78 is 0. The van der Waals surface area contributed by atoms with Crippen LogP contribution in [0.3, 0.4) is 0 Å². The van der Waals surface area contributed by atoms with E-state index in [4.69, 9.17) is 5.21 Å². The first kappa shape index (κ1) is 8.86. The number of carbonyl (C=O) groups excluding carboxylic acids is 2. The second kappa shape index (κ2) is 3.21. The van der Waals surface area contributed by atoms with Gasteiger partial charge in [0.2, 0.25) is 0 Å². The average Bonchev–Trinajstić information content (AvgIpc) is 2.18. The van der Waals surface area contributed by atoms with E-state index in [-0.39, 0.29) is 0 Å². The van der Waals surface area contributed by atoms with Crippen molar-refractivity contribution in [1.29, 1.82) is 0 Å². The molecule has 0 fully saturated rings. The molecule has 1 atom stereocenters. The van der Waals surface area contributed by atoms with Crippen LogP contribution in [-0.4, -0.2) is 22.9 Å². The van der Waals surface area contributed by atoms with Crippen LogP contribution in [0.25, 0.3) is 0 Å². The van der Waals surface area contributed by atoms with Crippen LogP contribution in [0.5, 0.6) is 0 Å². The van der Waals surface area contributed by atoms with E-state index in [2.05, 4.69) is 5.32 Å². The molecular formula is C9H8N2O3. The van der Waals surface area contributed by atoms with Gasteiger partial charge in [0.15, 0.2) is 11.8 Å². The van der Waals surface area contributed by atoms with Crippen molar-refractivity contribution in [3.8, 4) is 0 Å². The first-order valence-electron chi connectivity index (χ1n) is 4.08. The molecule has 1 aromatic carbocycles. The number of rotatable bonds is 1. The predicted molar refractivity (Wildman–Crippen MR) is 48.1 cm³/mol. The maximum absolute atomic E-state index is 11.6. The minimum Gasteiger partial charge on any atom is -0.324 e. The second-order valence-corrected chi connectivity index (χ2v) is 2.96.